The summed E-state index contributed by atoms with van der Waals surface area (Å²) in [5, 5.41) is 37.2. The number of nitrogens with one attached hydrogen (secondary N) is 3. The third kappa shape index (κ3) is 10.9. The Balaban J connectivity index is 0.0000000965. The number of aromatic amines is 3. The lowest BCUT2D eigenvalue weighted by Gasteiger charge is -2.14. The molecule has 10 heterocycles. The quantitative estimate of drug-likeness (QED) is 0.150. The molecule has 0 radical (unpaired) electrons. The third-order valence-electron chi connectivity index (χ3n) is 28.7. The molecular formula is C124H72N8S3. The van der Waals surface area contributed by atoms with Gasteiger partial charge in [0, 0.05) is 150 Å². The molecule has 10 aromatic heterocycles. The minimum Gasteiger partial charge on any atom is -0.353 e. The van der Waals surface area contributed by atoms with E-state index in [9.17, 15) is 0 Å². The van der Waals surface area contributed by atoms with Gasteiger partial charge in [0.1, 0.15) is 0 Å². The van der Waals surface area contributed by atoms with Crippen LogP contribution in [0.5, 0.6) is 0 Å². The number of hydrogen-bond donors (Lipinski definition) is 3. The Morgan fingerprint density at radius 2 is 0.548 bits per heavy atom. The Morgan fingerprint density at radius 3 is 1.03 bits per heavy atom. The highest BCUT2D eigenvalue weighted by Crippen LogP contribution is 2.54. The SMILES string of the molecule is c1ccc(-c2cccc(-n3c4ccccc4c4cc5c(cc43)sc3c4[nH]c6ccccc6c4c4ccccc4c53)c2)cc1.c1ccc(-c2nc(-n3c4ccccc4c4cc5c(cc43)sc3c4[nH]c6ccccc6c4c4ccccc4c53)nc3ccccc23)cc1.c1ccc2c(c1)cc(-n1c3ccccc3c3cc4c(cc31)sc1c3[nH]c5ccccc5c3c3ccccc3c41)c1ccccc12. The standard InChI is InChI=1S/C42H24N4S.C42H24N2S.C40H24N2S/c1-2-12-24(13-3-1)39-29-18-7-10-20-33(29)44-42(45-39)46-34-21-11-8-14-25(34)30-22-31-36(23-35(30)46)47-41-38(31)27-16-5-4-15-26(27)37-28-17-6-9-19-32(28)43-40(37)41;1-2-12-25-24(11-1)21-36(27-14-4-3-13-26(25)27)44-35-20-10-8-15-28(35)32-22-33-38(23-37(32)44)45-42-40(33)30-17-6-5-16-29(30)39-31-18-7-9-19-34(31)43-41(39)42;1-2-11-24(12-3-1)25-13-10-14-26(21-25)42-34-20-9-7-15-27(34)31-22-32-36(23-35(31)42)43-40-38(32)29-17-5-4-16-28(29)37-30-18-6-8-19-33(30)41-39(37)40/h1-23,43H;1-23,43H;1-23,41H. The monoisotopic (exact) mass is 1770 g/mol. The molecule has 22 aromatic carbocycles. The summed E-state index contributed by atoms with van der Waals surface area (Å²) in [6, 6.07) is 152. The lowest BCUT2D eigenvalue weighted by molar-refractivity contribution is 1.01. The molecule has 32 rings (SSSR count). The van der Waals surface area contributed by atoms with E-state index in [1.54, 1.807) is 0 Å². The van der Waals surface area contributed by atoms with Crippen molar-refractivity contribution in [2.75, 3.05) is 0 Å². The van der Waals surface area contributed by atoms with Gasteiger partial charge >= 0.3 is 0 Å². The van der Waals surface area contributed by atoms with E-state index in [0.29, 0.717) is 5.95 Å². The second-order valence-electron chi connectivity index (χ2n) is 35.8. The summed E-state index contributed by atoms with van der Waals surface area (Å²) in [5.41, 5.74) is 22.2. The van der Waals surface area contributed by atoms with E-state index in [1.165, 1.54) is 257 Å². The number of H-pyrrole nitrogens is 3. The van der Waals surface area contributed by atoms with Crippen molar-refractivity contribution >= 4 is 290 Å². The minimum absolute atomic E-state index is 0.678. The highest BCUT2D eigenvalue weighted by molar-refractivity contribution is 7.28. The molecule has 0 amide bonds. The van der Waals surface area contributed by atoms with Gasteiger partial charge in [0.05, 0.1) is 80.6 Å². The zero-order valence-electron chi connectivity index (χ0n) is 72.3. The van der Waals surface area contributed by atoms with E-state index in [0.717, 1.165) is 33.2 Å². The average molecular weight is 1770 g/mol. The van der Waals surface area contributed by atoms with Crippen LogP contribution in [0.4, 0.5) is 0 Å². The first-order valence-electron chi connectivity index (χ1n) is 46.0. The first-order chi connectivity index (χ1) is 67.0. The maximum atomic E-state index is 5.29. The van der Waals surface area contributed by atoms with Gasteiger partial charge in [-0.2, -0.15) is 0 Å². The first-order valence-corrected chi connectivity index (χ1v) is 48.4. The Labute approximate surface area is 780 Å². The lowest BCUT2D eigenvalue weighted by Crippen LogP contribution is -2.03. The van der Waals surface area contributed by atoms with Crippen LogP contribution in [-0.2, 0) is 0 Å². The molecular weight excluding hydrogens is 1700 g/mol. The van der Waals surface area contributed by atoms with Gasteiger partial charge in [0.2, 0.25) is 5.95 Å². The minimum atomic E-state index is 0.678. The summed E-state index contributed by atoms with van der Waals surface area (Å²) in [4.78, 5) is 21.9. The topological polar surface area (TPSA) is 87.9 Å². The summed E-state index contributed by atoms with van der Waals surface area (Å²) in [6.07, 6.45) is 0. The maximum absolute atomic E-state index is 5.29. The summed E-state index contributed by atoms with van der Waals surface area (Å²) in [7, 11) is 0. The average Bonchev–Trinajstić information content (AvgIpc) is 1.55. The summed E-state index contributed by atoms with van der Waals surface area (Å²) in [6.45, 7) is 0. The molecule has 8 nitrogen and oxygen atoms in total. The highest BCUT2D eigenvalue weighted by atomic mass is 32.1. The zero-order valence-corrected chi connectivity index (χ0v) is 74.7. The van der Waals surface area contributed by atoms with Crippen LogP contribution in [0.1, 0.15) is 0 Å². The van der Waals surface area contributed by atoms with E-state index < -0.39 is 0 Å². The molecule has 0 atom stereocenters. The smallest absolute Gasteiger partial charge is 0.235 e. The molecule has 0 spiro atoms. The van der Waals surface area contributed by atoms with E-state index in [-0.39, 0.29) is 0 Å². The van der Waals surface area contributed by atoms with Crippen LogP contribution < -0.4 is 0 Å². The van der Waals surface area contributed by atoms with Gasteiger partial charge in [-0.25, -0.2) is 9.97 Å². The predicted octanol–water partition coefficient (Wildman–Crippen LogP) is 35.4. The molecule has 3 N–H and O–H groups in total. The fraction of sp³-hybridized carbons (Fsp3) is 0. The molecule has 135 heavy (non-hydrogen) atoms. The van der Waals surface area contributed by atoms with Gasteiger partial charge in [-0.05, 0) is 157 Å². The number of aromatic nitrogens is 8. The number of benzene rings is 22. The highest BCUT2D eigenvalue weighted by Gasteiger charge is 2.28. The fourth-order valence-corrected chi connectivity index (χ4v) is 26.7. The molecule has 0 bridgehead atoms. The summed E-state index contributed by atoms with van der Waals surface area (Å²) >= 11 is 5.68. The number of rotatable bonds is 5. The summed E-state index contributed by atoms with van der Waals surface area (Å²) in [5.74, 6) is 0.678. The van der Waals surface area contributed by atoms with Crippen molar-refractivity contribution in [3.05, 3.63) is 419 Å². The fourth-order valence-electron chi connectivity index (χ4n) is 22.9. The normalized spacial score (nSPS) is 12.3. The van der Waals surface area contributed by atoms with E-state index in [1.807, 2.05) is 40.1 Å². The Hall–Kier alpha value is -17.1. The van der Waals surface area contributed by atoms with Crippen molar-refractivity contribution in [3.63, 3.8) is 0 Å². The Morgan fingerprint density at radius 1 is 0.200 bits per heavy atom. The molecule has 0 fully saturated rings. The van der Waals surface area contributed by atoms with Gasteiger partial charge < -0.3 is 24.1 Å². The molecule has 0 aliphatic heterocycles. The third-order valence-corrected chi connectivity index (χ3v) is 32.2. The van der Waals surface area contributed by atoms with Gasteiger partial charge in [0.25, 0.3) is 0 Å². The predicted molar refractivity (Wildman–Crippen MR) is 581 cm³/mol. The number of nitrogens with zero attached hydrogens (tertiary/aromatic N) is 5. The molecule has 0 saturated heterocycles. The van der Waals surface area contributed by atoms with Crippen molar-refractivity contribution in [1.29, 1.82) is 0 Å². The van der Waals surface area contributed by atoms with Crippen molar-refractivity contribution < 1.29 is 0 Å². The lowest BCUT2D eigenvalue weighted by atomic mass is 9.98. The van der Waals surface area contributed by atoms with Crippen LogP contribution in [0.3, 0.4) is 0 Å². The van der Waals surface area contributed by atoms with E-state index in [4.69, 9.17) is 9.97 Å². The van der Waals surface area contributed by atoms with Crippen LogP contribution in [0.25, 0.3) is 296 Å². The Kier molecular flexibility index (Phi) is 15.9. The van der Waals surface area contributed by atoms with Crippen LogP contribution in [0, 0.1) is 0 Å². The maximum Gasteiger partial charge on any atom is 0.235 e. The second kappa shape index (κ2) is 28.7. The van der Waals surface area contributed by atoms with Crippen LogP contribution in [0.15, 0.2) is 419 Å². The van der Waals surface area contributed by atoms with Gasteiger partial charge in [-0.1, -0.05) is 322 Å². The van der Waals surface area contributed by atoms with Crippen molar-refractivity contribution in [1.82, 2.24) is 38.6 Å². The molecule has 0 saturated carbocycles. The van der Waals surface area contributed by atoms with Crippen LogP contribution in [-0.4, -0.2) is 38.6 Å². The van der Waals surface area contributed by atoms with Gasteiger partial charge in [-0.3, -0.25) is 4.57 Å². The van der Waals surface area contributed by atoms with Crippen LogP contribution in [0.2, 0.25) is 0 Å². The molecule has 0 unspecified atom stereocenters. The largest absolute Gasteiger partial charge is 0.353 e. The Bertz CT molecular complexity index is 10800. The van der Waals surface area contributed by atoms with Gasteiger partial charge in [0.15, 0.2) is 0 Å². The van der Waals surface area contributed by atoms with E-state index in [2.05, 4.69) is 441 Å². The number of para-hydroxylation sites is 7. The molecule has 0 aliphatic carbocycles. The molecule has 0 aliphatic rings. The number of thiophene rings is 3. The first kappa shape index (κ1) is 74.7. The van der Waals surface area contributed by atoms with Crippen LogP contribution >= 0.6 is 34.0 Å². The number of hydrogen-bond acceptors (Lipinski definition) is 5. The van der Waals surface area contributed by atoms with Gasteiger partial charge in [-0.15, -0.1) is 34.0 Å². The number of fused-ring (bicyclic) bond motifs is 43. The van der Waals surface area contributed by atoms with Crippen molar-refractivity contribution in [2.45, 2.75) is 0 Å². The van der Waals surface area contributed by atoms with Crippen molar-refractivity contribution in [2.24, 2.45) is 0 Å². The zero-order chi connectivity index (χ0) is 87.9. The molecule has 11 heteroatoms. The summed E-state index contributed by atoms with van der Waals surface area (Å²) < 4.78 is 15.0. The van der Waals surface area contributed by atoms with E-state index >= 15 is 0 Å². The van der Waals surface area contributed by atoms with Crippen molar-refractivity contribution in [3.8, 4) is 39.7 Å². The second-order valence-corrected chi connectivity index (χ2v) is 39.0. The molecule has 626 valence electrons. The molecule has 32 aromatic rings.